The van der Waals surface area contributed by atoms with Crippen molar-refractivity contribution in [3.8, 4) is 5.75 Å². The Kier molecular flexibility index (Phi) is 6.00. The molecule has 8 nitrogen and oxygen atoms in total. The first-order valence-corrected chi connectivity index (χ1v) is 11.6. The minimum Gasteiger partial charge on any atom is -0.494 e. The van der Waals surface area contributed by atoms with E-state index in [1.165, 1.54) is 19.2 Å². The SMILES string of the molecule is COc1cc2ncnc(Nc3cccc(C)c3)c2cc1NC(=O)N1CCN2CCCCC2C1. The topological polar surface area (TPSA) is 82.6 Å². The van der Waals surface area contributed by atoms with Crippen LogP contribution in [0.3, 0.4) is 0 Å². The monoisotopic (exact) mass is 446 g/mol. The van der Waals surface area contributed by atoms with Crippen LogP contribution in [0.4, 0.5) is 22.0 Å². The van der Waals surface area contributed by atoms with Crippen molar-refractivity contribution in [2.24, 2.45) is 0 Å². The molecule has 33 heavy (non-hydrogen) atoms. The molecule has 2 saturated heterocycles. The molecule has 0 spiro atoms. The van der Waals surface area contributed by atoms with Gasteiger partial charge in [0.25, 0.3) is 0 Å². The van der Waals surface area contributed by atoms with Crippen LogP contribution in [0.5, 0.6) is 5.75 Å². The zero-order valence-electron chi connectivity index (χ0n) is 19.2. The molecule has 2 fully saturated rings. The average molecular weight is 447 g/mol. The molecular formula is C25H30N6O2. The molecule has 0 aliphatic carbocycles. The molecule has 2 amide bonds. The summed E-state index contributed by atoms with van der Waals surface area (Å²) < 4.78 is 5.58. The number of amides is 2. The first-order chi connectivity index (χ1) is 16.1. The first-order valence-electron chi connectivity index (χ1n) is 11.6. The van der Waals surface area contributed by atoms with E-state index in [1.807, 2.05) is 29.2 Å². The molecule has 1 unspecified atom stereocenters. The molecule has 8 heteroatoms. The number of aryl methyl sites for hydroxylation is 1. The lowest BCUT2D eigenvalue weighted by Crippen LogP contribution is -2.56. The summed E-state index contributed by atoms with van der Waals surface area (Å²) in [7, 11) is 1.60. The molecule has 1 aromatic heterocycles. The van der Waals surface area contributed by atoms with Crippen molar-refractivity contribution in [1.29, 1.82) is 0 Å². The van der Waals surface area contributed by atoms with Gasteiger partial charge in [0.15, 0.2) is 0 Å². The van der Waals surface area contributed by atoms with Crippen LogP contribution in [0.15, 0.2) is 42.7 Å². The Morgan fingerprint density at radius 1 is 1.12 bits per heavy atom. The van der Waals surface area contributed by atoms with Gasteiger partial charge in [-0.05, 0) is 50.1 Å². The third kappa shape index (κ3) is 4.57. The summed E-state index contributed by atoms with van der Waals surface area (Å²) in [4.78, 5) is 26.4. The molecule has 5 rings (SSSR count). The maximum absolute atomic E-state index is 13.2. The molecule has 1 atom stereocenters. The summed E-state index contributed by atoms with van der Waals surface area (Å²) in [6.45, 7) is 5.64. The molecule has 2 aliphatic heterocycles. The number of aromatic nitrogens is 2. The van der Waals surface area contributed by atoms with Gasteiger partial charge in [-0.25, -0.2) is 14.8 Å². The molecule has 0 radical (unpaired) electrons. The van der Waals surface area contributed by atoms with Gasteiger partial charge in [0.1, 0.15) is 17.9 Å². The van der Waals surface area contributed by atoms with Gasteiger partial charge in [-0.15, -0.1) is 0 Å². The van der Waals surface area contributed by atoms with Crippen LogP contribution in [-0.4, -0.2) is 65.1 Å². The number of ether oxygens (including phenoxy) is 1. The smallest absolute Gasteiger partial charge is 0.322 e. The van der Waals surface area contributed by atoms with Crippen molar-refractivity contribution < 1.29 is 9.53 Å². The van der Waals surface area contributed by atoms with Crippen LogP contribution in [-0.2, 0) is 0 Å². The number of benzene rings is 2. The van der Waals surface area contributed by atoms with Gasteiger partial charge in [0.05, 0.1) is 18.3 Å². The number of rotatable bonds is 4. The summed E-state index contributed by atoms with van der Waals surface area (Å²) in [6, 6.07) is 12.2. The number of carbonyl (C=O) groups excluding carboxylic acids is 1. The van der Waals surface area contributed by atoms with E-state index in [1.54, 1.807) is 7.11 Å². The van der Waals surface area contributed by atoms with Crippen molar-refractivity contribution in [1.82, 2.24) is 19.8 Å². The molecule has 2 N–H and O–H groups in total. The van der Waals surface area contributed by atoms with Gasteiger partial charge >= 0.3 is 6.03 Å². The summed E-state index contributed by atoms with van der Waals surface area (Å²) in [5, 5.41) is 7.27. The van der Waals surface area contributed by atoms with Gasteiger partial charge in [-0.2, -0.15) is 0 Å². The van der Waals surface area contributed by atoms with E-state index in [-0.39, 0.29) is 6.03 Å². The first kappa shape index (κ1) is 21.5. The van der Waals surface area contributed by atoms with Crippen molar-refractivity contribution in [2.45, 2.75) is 32.2 Å². The van der Waals surface area contributed by atoms with E-state index >= 15 is 0 Å². The molecule has 2 aromatic carbocycles. The molecule has 3 heterocycles. The summed E-state index contributed by atoms with van der Waals surface area (Å²) in [6.07, 6.45) is 5.19. The predicted octanol–water partition coefficient (Wildman–Crippen LogP) is 4.39. The van der Waals surface area contributed by atoms with E-state index in [0.717, 1.165) is 54.8 Å². The number of piperidine rings is 1. The van der Waals surface area contributed by atoms with Crippen molar-refractivity contribution >= 4 is 34.1 Å². The van der Waals surface area contributed by atoms with E-state index in [4.69, 9.17) is 4.74 Å². The number of hydrogen-bond donors (Lipinski definition) is 2. The maximum Gasteiger partial charge on any atom is 0.322 e. The normalized spacial score (nSPS) is 18.6. The number of carbonyl (C=O) groups is 1. The van der Waals surface area contributed by atoms with E-state index < -0.39 is 0 Å². The second-order valence-corrected chi connectivity index (χ2v) is 8.85. The minimum atomic E-state index is -0.0945. The highest BCUT2D eigenvalue weighted by atomic mass is 16.5. The van der Waals surface area contributed by atoms with Gasteiger partial charge in [-0.3, -0.25) is 4.90 Å². The second-order valence-electron chi connectivity index (χ2n) is 8.85. The quantitative estimate of drug-likeness (QED) is 0.618. The molecule has 0 saturated carbocycles. The Morgan fingerprint density at radius 3 is 2.88 bits per heavy atom. The lowest BCUT2D eigenvalue weighted by atomic mass is 10.00. The Hall–Kier alpha value is -3.39. The number of piperazine rings is 1. The lowest BCUT2D eigenvalue weighted by Gasteiger charge is -2.43. The number of nitrogens with zero attached hydrogens (tertiary/aromatic N) is 4. The third-order valence-electron chi connectivity index (χ3n) is 6.60. The molecule has 3 aromatic rings. The van der Waals surface area contributed by atoms with Crippen molar-refractivity contribution in [3.63, 3.8) is 0 Å². The Balaban J connectivity index is 1.40. The largest absolute Gasteiger partial charge is 0.494 e. The molecule has 2 aliphatic rings. The van der Waals surface area contributed by atoms with Crippen LogP contribution in [0, 0.1) is 6.92 Å². The standard InChI is InChI=1S/C25H30N6O2/c1-17-6-5-7-18(12-17)28-24-20-13-22(23(33-2)14-21(20)26-16-27-24)29-25(32)31-11-10-30-9-4-3-8-19(30)15-31/h5-7,12-14,16,19H,3-4,8-11,15H2,1-2H3,(H,29,32)(H,26,27,28). The van der Waals surface area contributed by atoms with Crippen LogP contribution in [0.1, 0.15) is 24.8 Å². The van der Waals surface area contributed by atoms with E-state index in [9.17, 15) is 4.79 Å². The molecule has 172 valence electrons. The number of fused-ring (bicyclic) bond motifs is 2. The Morgan fingerprint density at radius 2 is 2.03 bits per heavy atom. The van der Waals surface area contributed by atoms with E-state index in [2.05, 4.69) is 44.6 Å². The number of anilines is 3. The maximum atomic E-state index is 13.2. The zero-order chi connectivity index (χ0) is 22.8. The number of methoxy groups -OCH3 is 1. The van der Waals surface area contributed by atoms with Crippen LogP contribution in [0.25, 0.3) is 10.9 Å². The summed E-state index contributed by atoms with van der Waals surface area (Å²) >= 11 is 0. The van der Waals surface area contributed by atoms with Crippen LogP contribution >= 0.6 is 0 Å². The van der Waals surface area contributed by atoms with Crippen molar-refractivity contribution in [2.75, 3.05) is 43.9 Å². The van der Waals surface area contributed by atoms with Gasteiger partial charge < -0.3 is 20.3 Å². The number of urea groups is 1. The number of hydrogen-bond acceptors (Lipinski definition) is 6. The summed E-state index contributed by atoms with van der Waals surface area (Å²) in [5.41, 5.74) is 3.46. The highest BCUT2D eigenvalue weighted by Crippen LogP contribution is 2.33. The predicted molar refractivity (Wildman–Crippen MR) is 130 cm³/mol. The fraction of sp³-hybridized carbons (Fsp3) is 0.400. The summed E-state index contributed by atoms with van der Waals surface area (Å²) in [5.74, 6) is 1.26. The van der Waals surface area contributed by atoms with Crippen molar-refractivity contribution in [3.05, 3.63) is 48.3 Å². The average Bonchev–Trinajstić information content (AvgIpc) is 2.83. The molecular weight excluding hydrogens is 416 g/mol. The molecule has 0 bridgehead atoms. The van der Waals surface area contributed by atoms with E-state index in [0.29, 0.717) is 23.3 Å². The Bertz CT molecular complexity index is 1170. The minimum absolute atomic E-state index is 0.0945. The second kappa shape index (κ2) is 9.23. The highest BCUT2D eigenvalue weighted by molar-refractivity contribution is 5.99. The van der Waals surface area contributed by atoms with Crippen LogP contribution < -0.4 is 15.4 Å². The fourth-order valence-electron chi connectivity index (χ4n) is 4.84. The van der Waals surface area contributed by atoms with Gasteiger partial charge in [0.2, 0.25) is 0 Å². The van der Waals surface area contributed by atoms with Crippen LogP contribution in [0.2, 0.25) is 0 Å². The zero-order valence-corrected chi connectivity index (χ0v) is 19.2. The highest BCUT2D eigenvalue weighted by Gasteiger charge is 2.31. The van der Waals surface area contributed by atoms with Gasteiger partial charge in [0, 0.05) is 42.8 Å². The Labute approximate surface area is 194 Å². The number of nitrogens with one attached hydrogen (secondary N) is 2. The lowest BCUT2D eigenvalue weighted by molar-refractivity contribution is 0.0678. The fourth-order valence-corrected chi connectivity index (χ4v) is 4.84. The third-order valence-corrected chi connectivity index (χ3v) is 6.60. The van der Waals surface area contributed by atoms with Gasteiger partial charge in [-0.1, -0.05) is 18.6 Å².